The molecule has 0 radical (unpaired) electrons. The normalized spacial score (nSPS) is 9.74. The summed E-state index contributed by atoms with van der Waals surface area (Å²) in [6.07, 6.45) is 0. The number of benzene rings is 2. The summed E-state index contributed by atoms with van der Waals surface area (Å²) in [6.45, 7) is 0. The van der Waals surface area contributed by atoms with Crippen LogP contribution in [0.5, 0.6) is 17.2 Å². The highest BCUT2D eigenvalue weighted by atomic mass is 16.5. The Balaban J connectivity index is 2.62. The minimum Gasteiger partial charge on any atom is -0.507 e. The second-order valence-corrected chi connectivity index (χ2v) is 3.88. The van der Waals surface area contributed by atoms with Gasteiger partial charge in [-0.05, 0) is 23.8 Å². The lowest BCUT2D eigenvalue weighted by atomic mass is 10.0. The molecular weight excluding hydrogens is 242 g/mol. The van der Waals surface area contributed by atoms with Crippen molar-refractivity contribution in [2.45, 2.75) is 0 Å². The number of nitriles is 1. The maximum absolute atomic E-state index is 9.53. The SMILES string of the molecule is COc1cccc(-c2ccc(O)c(C#N)c2)c1OC. The molecular formula is C15H13NO3. The summed E-state index contributed by atoms with van der Waals surface area (Å²) in [4.78, 5) is 0. The molecule has 0 fully saturated rings. The minimum absolute atomic E-state index is 0.0342. The van der Waals surface area contributed by atoms with E-state index >= 15 is 0 Å². The summed E-state index contributed by atoms with van der Waals surface area (Å²) in [5.41, 5.74) is 1.81. The highest BCUT2D eigenvalue weighted by molar-refractivity contribution is 5.75. The molecule has 96 valence electrons. The number of hydrogen-bond acceptors (Lipinski definition) is 4. The van der Waals surface area contributed by atoms with E-state index in [1.165, 1.54) is 6.07 Å². The second kappa shape index (κ2) is 5.32. The molecule has 19 heavy (non-hydrogen) atoms. The van der Waals surface area contributed by atoms with Gasteiger partial charge in [0.25, 0.3) is 0 Å². The average molecular weight is 255 g/mol. The molecule has 0 atom stereocenters. The molecule has 0 aliphatic rings. The van der Waals surface area contributed by atoms with E-state index < -0.39 is 0 Å². The van der Waals surface area contributed by atoms with Gasteiger partial charge in [-0.25, -0.2) is 0 Å². The van der Waals surface area contributed by atoms with Crippen LogP contribution in [-0.4, -0.2) is 19.3 Å². The first kappa shape index (κ1) is 12.8. The Kier molecular flexibility index (Phi) is 3.58. The van der Waals surface area contributed by atoms with Gasteiger partial charge in [-0.15, -0.1) is 0 Å². The van der Waals surface area contributed by atoms with Crippen LogP contribution in [0.3, 0.4) is 0 Å². The van der Waals surface area contributed by atoms with Gasteiger partial charge in [0.2, 0.25) is 0 Å². The van der Waals surface area contributed by atoms with E-state index in [0.29, 0.717) is 11.5 Å². The van der Waals surface area contributed by atoms with Crippen molar-refractivity contribution in [1.82, 2.24) is 0 Å². The Hall–Kier alpha value is -2.67. The number of hydrogen-bond donors (Lipinski definition) is 1. The maximum Gasteiger partial charge on any atom is 0.168 e. The average Bonchev–Trinajstić information content (AvgIpc) is 2.46. The number of phenols is 1. The van der Waals surface area contributed by atoms with E-state index in [-0.39, 0.29) is 11.3 Å². The number of para-hydroxylation sites is 1. The van der Waals surface area contributed by atoms with Crippen molar-refractivity contribution in [2.75, 3.05) is 14.2 Å². The van der Waals surface area contributed by atoms with Gasteiger partial charge in [-0.1, -0.05) is 18.2 Å². The number of ether oxygens (including phenoxy) is 2. The first-order valence-corrected chi connectivity index (χ1v) is 5.65. The van der Waals surface area contributed by atoms with Crippen LogP contribution >= 0.6 is 0 Å². The summed E-state index contributed by atoms with van der Waals surface area (Å²) in [5.74, 6) is 1.18. The number of aromatic hydroxyl groups is 1. The summed E-state index contributed by atoms with van der Waals surface area (Å²) >= 11 is 0. The molecule has 0 aliphatic carbocycles. The zero-order chi connectivity index (χ0) is 13.8. The third-order valence-corrected chi connectivity index (χ3v) is 2.83. The van der Waals surface area contributed by atoms with Crippen molar-refractivity contribution in [1.29, 1.82) is 5.26 Å². The molecule has 2 aromatic carbocycles. The van der Waals surface area contributed by atoms with E-state index in [9.17, 15) is 5.11 Å². The predicted octanol–water partition coefficient (Wildman–Crippen LogP) is 2.95. The third kappa shape index (κ3) is 2.31. The molecule has 0 aliphatic heterocycles. The zero-order valence-corrected chi connectivity index (χ0v) is 10.7. The highest BCUT2D eigenvalue weighted by Gasteiger charge is 2.12. The Bertz CT molecular complexity index is 644. The molecule has 1 N–H and O–H groups in total. The van der Waals surface area contributed by atoms with Gasteiger partial charge in [0.15, 0.2) is 11.5 Å². The van der Waals surface area contributed by atoms with E-state index in [1.54, 1.807) is 32.4 Å². The van der Waals surface area contributed by atoms with Crippen molar-refractivity contribution in [3.8, 4) is 34.4 Å². The standard InChI is InChI=1S/C15H13NO3/c1-18-14-5-3-4-12(15(14)19-2)10-6-7-13(17)11(8-10)9-16/h3-8,17H,1-2H3. The van der Waals surface area contributed by atoms with Crippen molar-refractivity contribution >= 4 is 0 Å². The van der Waals surface area contributed by atoms with Gasteiger partial charge in [-0.3, -0.25) is 0 Å². The summed E-state index contributed by atoms with van der Waals surface area (Å²) < 4.78 is 10.6. The number of methoxy groups -OCH3 is 2. The Morgan fingerprint density at radius 1 is 1.11 bits per heavy atom. The molecule has 0 bridgehead atoms. The Morgan fingerprint density at radius 2 is 1.89 bits per heavy atom. The molecule has 0 amide bonds. The smallest absolute Gasteiger partial charge is 0.168 e. The van der Waals surface area contributed by atoms with Crippen molar-refractivity contribution in [3.05, 3.63) is 42.0 Å². The fourth-order valence-electron chi connectivity index (χ4n) is 1.91. The van der Waals surface area contributed by atoms with Gasteiger partial charge in [-0.2, -0.15) is 5.26 Å². The topological polar surface area (TPSA) is 62.5 Å². The predicted molar refractivity (Wildman–Crippen MR) is 71.4 cm³/mol. The van der Waals surface area contributed by atoms with Crippen molar-refractivity contribution < 1.29 is 14.6 Å². The first-order valence-electron chi connectivity index (χ1n) is 5.65. The van der Waals surface area contributed by atoms with Gasteiger partial charge in [0, 0.05) is 5.56 Å². The molecule has 0 heterocycles. The fourth-order valence-corrected chi connectivity index (χ4v) is 1.91. The van der Waals surface area contributed by atoms with E-state index in [4.69, 9.17) is 14.7 Å². The van der Waals surface area contributed by atoms with Crippen LogP contribution < -0.4 is 9.47 Å². The van der Waals surface area contributed by atoms with E-state index in [1.807, 2.05) is 18.2 Å². The Labute approximate surface area is 111 Å². The van der Waals surface area contributed by atoms with E-state index in [0.717, 1.165) is 11.1 Å². The summed E-state index contributed by atoms with van der Waals surface area (Å²) in [6, 6.07) is 12.3. The lowest BCUT2D eigenvalue weighted by Crippen LogP contribution is -1.93. The lowest BCUT2D eigenvalue weighted by Gasteiger charge is -2.13. The molecule has 0 unspecified atom stereocenters. The second-order valence-electron chi connectivity index (χ2n) is 3.88. The van der Waals surface area contributed by atoms with Crippen LogP contribution in [0.4, 0.5) is 0 Å². The van der Waals surface area contributed by atoms with Crippen molar-refractivity contribution in [3.63, 3.8) is 0 Å². The highest BCUT2D eigenvalue weighted by Crippen LogP contribution is 2.38. The van der Waals surface area contributed by atoms with Crippen molar-refractivity contribution in [2.24, 2.45) is 0 Å². The maximum atomic E-state index is 9.53. The molecule has 0 spiro atoms. The van der Waals surface area contributed by atoms with Crippen LogP contribution in [-0.2, 0) is 0 Å². The van der Waals surface area contributed by atoms with E-state index in [2.05, 4.69) is 0 Å². The van der Waals surface area contributed by atoms with Gasteiger partial charge >= 0.3 is 0 Å². The van der Waals surface area contributed by atoms with Crippen LogP contribution in [0.2, 0.25) is 0 Å². The van der Waals surface area contributed by atoms with Crippen LogP contribution in [0, 0.1) is 11.3 Å². The molecule has 0 saturated carbocycles. The quantitative estimate of drug-likeness (QED) is 0.915. The molecule has 0 saturated heterocycles. The van der Waals surface area contributed by atoms with Crippen LogP contribution in [0.25, 0.3) is 11.1 Å². The van der Waals surface area contributed by atoms with Gasteiger partial charge in [0.1, 0.15) is 11.8 Å². The number of phenolic OH excluding ortho intramolecular Hbond substituents is 1. The molecule has 0 aromatic heterocycles. The fraction of sp³-hybridized carbons (Fsp3) is 0.133. The van der Waals surface area contributed by atoms with Crippen LogP contribution in [0.1, 0.15) is 5.56 Å². The lowest BCUT2D eigenvalue weighted by molar-refractivity contribution is 0.356. The minimum atomic E-state index is -0.0342. The third-order valence-electron chi connectivity index (χ3n) is 2.83. The van der Waals surface area contributed by atoms with Crippen LogP contribution in [0.15, 0.2) is 36.4 Å². The molecule has 2 aromatic rings. The largest absolute Gasteiger partial charge is 0.507 e. The van der Waals surface area contributed by atoms with Gasteiger partial charge in [0.05, 0.1) is 19.8 Å². The first-order chi connectivity index (χ1) is 9.21. The van der Waals surface area contributed by atoms with Gasteiger partial charge < -0.3 is 14.6 Å². The number of rotatable bonds is 3. The Morgan fingerprint density at radius 3 is 2.53 bits per heavy atom. The number of nitrogens with zero attached hydrogens (tertiary/aromatic N) is 1. The molecule has 2 rings (SSSR count). The molecule has 4 heteroatoms. The molecule has 4 nitrogen and oxygen atoms in total. The summed E-state index contributed by atoms with van der Waals surface area (Å²) in [7, 11) is 3.13. The monoisotopic (exact) mass is 255 g/mol. The summed E-state index contributed by atoms with van der Waals surface area (Å²) in [5, 5.41) is 18.5. The zero-order valence-electron chi connectivity index (χ0n) is 10.7.